The second-order valence-electron chi connectivity index (χ2n) is 4.77. The molecule has 0 aliphatic heterocycles. The fraction of sp³-hybridized carbons (Fsp3) is 0.571. The summed E-state index contributed by atoms with van der Waals surface area (Å²) in [5, 5.41) is 2.52. The molecule has 2 rings (SSSR count). The molecule has 1 aromatic carbocycles. The molecular weight excluding hydrogens is 239 g/mol. The third kappa shape index (κ3) is 2.86. The quantitative estimate of drug-likeness (QED) is 0.869. The summed E-state index contributed by atoms with van der Waals surface area (Å²) in [5.74, 6) is 0. The third-order valence-electron chi connectivity index (χ3n) is 3.44. The number of hydrogen-bond donors (Lipinski definition) is 1. The van der Waals surface area contributed by atoms with Gasteiger partial charge in [0, 0.05) is 0 Å². The number of rotatable bonds is 3. The molecule has 0 heterocycles. The molecule has 0 saturated heterocycles. The second kappa shape index (κ2) is 5.31. The molecule has 1 atom stereocenters. The van der Waals surface area contributed by atoms with E-state index in [2.05, 4.69) is 5.32 Å². The monoisotopic (exact) mass is 257 g/mol. The Labute approximate surface area is 105 Å². The molecule has 1 aliphatic rings. The van der Waals surface area contributed by atoms with Crippen LogP contribution in [0.25, 0.3) is 0 Å². The van der Waals surface area contributed by atoms with Crippen LogP contribution in [0, 0.1) is 0 Å². The van der Waals surface area contributed by atoms with Gasteiger partial charge in [0.2, 0.25) is 0 Å². The van der Waals surface area contributed by atoms with Gasteiger partial charge in [0.25, 0.3) is 0 Å². The van der Waals surface area contributed by atoms with Crippen LogP contribution in [-0.2, 0) is 12.8 Å². The number of fused-ring (bicyclic) bond motifs is 1. The summed E-state index contributed by atoms with van der Waals surface area (Å²) >= 11 is 0. The lowest BCUT2D eigenvalue weighted by molar-refractivity contribution is -0.157. The Kier molecular flexibility index (Phi) is 3.95. The van der Waals surface area contributed by atoms with Gasteiger partial charge in [-0.1, -0.05) is 25.1 Å². The first-order valence-corrected chi connectivity index (χ1v) is 6.44. The summed E-state index contributed by atoms with van der Waals surface area (Å²) in [6.07, 6.45) is -0.122. The largest absolute Gasteiger partial charge is 0.407 e. The maximum atomic E-state index is 13.0. The van der Waals surface area contributed by atoms with Crippen LogP contribution in [0.5, 0.6) is 0 Å². The Morgan fingerprint density at radius 2 is 1.83 bits per heavy atom. The topological polar surface area (TPSA) is 12.0 Å². The predicted molar refractivity (Wildman–Crippen MR) is 65.6 cm³/mol. The Hall–Kier alpha value is -1.03. The Morgan fingerprint density at radius 1 is 1.17 bits per heavy atom. The van der Waals surface area contributed by atoms with Crippen molar-refractivity contribution in [2.24, 2.45) is 0 Å². The van der Waals surface area contributed by atoms with Gasteiger partial charge in [-0.2, -0.15) is 13.2 Å². The van der Waals surface area contributed by atoms with E-state index in [0.717, 1.165) is 31.2 Å². The van der Waals surface area contributed by atoms with Crippen molar-refractivity contribution in [2.75, 3.05) is 6.54 Å². The lowest BCUT2D eigenvalue weighted by Gasteiger charge is -2.24. The van der Waals surface area contributed by atoms with Crippen LogP contribution in [0.3, 0.4) is 0 Å². The van der Waals surface area contributed by atoms with Gasteiger partial charge >= 0.3 is 6.18 Å². The van der Waals surface area contributed by atoms with E-state index in [1.807, 2.05) is 6.07 Å². The van der Waals surface area contributed by atoms with Crippen molar-refractivity contribution in [3.8, 4) is 0 Å². The van der Waals surface area contributed by atoms with E-state index >= 15 is 0 Å². The van der Waals surface area contributed by atoms with Crippen molar-refractivity contribution in [1.29, 1.82) is 0 Å². The van der Waals surface area contributed by atoms with Crippen molar-refractivity contribution < 1.29 is 13.2 Å². The Balaban J connectivity index is 2.30. The first kappa shape index (κ1) is 13.4. The smallest absolute Gasteiger partial charge is 0.303 e. The van der Waals surface area contributed by atoms with Gasteiger partial charge in [0.05, 0.1) is 0 Å². The normalized spacial score (nSPS) is 17.3. The highest BCUT2D eigenvalue weighted by Crippen LogP contribution is 2.34. The van der Waals surface area contributed by atoms with Gasteiger partial charge in [0.1, 0.15) is 6.04 Å². The molecule has 1 aromatic rings. The fourth-order valence-electron chi connectivity index (χ4n) is 2.56. The van der Waals surface area contributed by atoms with Gasteiger partial charge in [-0.3, -0.25) is 0 Å². The zero-order valence-corrected chi connectivity index (χ0v) is 10.5. The zero-order chi connectivity index (χ0) is 13.2. The third-order valence-corrected chi connectivity index (χ3v) is 3.44. The van der Waals surface area contributed by atoms with Gasteiger partial charge in [-0.25, -0.2) is 0 Å². The maximum absolute atomic E-state index is 13.0. The van der Waals surface area contributed by atoms with Crippen molar-refractivity contribution in [1.82, 2.24) is 5.32 Å². The molecule has 0 spiro atoms. The number of halogens is 3. The highest BCUT2D eigenvalue weighted by atomic mass is 19.4. The van der Waals surface area contributed by atoms with Crippen molar-refractivity contribution >= 4 is 0 Å². The first-order valence-electron chi connectivity index (χ1n) is 6.44. The number of hydrogen-bond acceptors (Lipinski definition) is 1. The lowest BCUT2D eigenvalue weighted by atomic mass is 9.89. The van der Waals surface area contributed by atoms with Crippen LogP contribution in [0.4, 0.5) is 13.2 Å². The fourth-order valence-corrected chi connectivity index (χ4v) is 2.56. The van der Waals surface area contributed by atoms with Crippen LogP contribution < -0.4 is 5.32 Å². The van der Waals surface area contributed by atoms with Crippen LogP contribution in [0.2, 0.25) is 0 Å². The minimum absolute atomic E-state index is 0.307. The summed E-state index contributed by atoms with van der Waals surface area (Å²) < 4.78 is 38.9. The molecule has 18 heavy (non-hydrogen) atoms. The van der Waals surface area contributed by atoms with Crippen molar-refractivity contribution in [2.45, 2.75) is 44.8 Å². The van der Waals surface area contributed by atoms with Gasteiger partial charge in [0.15, 0.2) is 0 Å². The molecule has 0 saturated carbocycles. The van der Waals surface area contributed by atoms with E-state index in [4.69, 9.17) is 0 Å². The highest BCUT2D eigenvalue weighted by molar-refractivity contribution is 5.35. The van der Waals surface area contributed by atoms with E-state index in [1.165, 1.54) is 5.56 Å². The molecule has 1 N–H and O–H groups in total. The van der Waals surface area contributed by atoms with E-state index < -0.39 is 12.2 Å². The van der Waals surface area contributed by atoms with Gasteiger partial charge in [-0.15, -0.1) is 0 Å². The van der Waals surface area contributed by atoms with E-state index in [9.17, 15) is 13.2 Å². The van der Waals surface area contributed by atoms with E-state index in [-0.39, 0.29) is 0 Å². The van der Waals surface area contributed by atoms with Gasteiger partial charge in [-0.05, 0) is 48.9 Å². The second-order valence-corrected chi connectivity index (χ2v) is 4.77. The van der Waals surface area contributed by atoms with Crippen LogP contribution in [0.1, 0.15) is 42.5 Å². The molecule has 1 aliphatic carbocycles. The lowest BCUT2D eigenvalue weighted by Crippen LogP contribution is -2.34. The summed E-state index contributed by atoms with van der Waals surface area (Å²) in [6.45, 7) is 2.00. The Bertz CT molecular complexity index is 412. The molecule has 0 fully saturated rings. The average Bonchev–Trinajstić information content (AvgIpc) is 2.34. The SMILES string of the molecule is CCNC(c1ccc2c(c1)CCCC2)C(F)(F)F. The first-order chi connectivity index (χ1) is 8.52. The maximum Gasteiger partial charge on any atom is 0.407 e. The molecular formula is C14H18F3N. The summed E-state index contributed by atoms with van der Waals surface area (Å²) in [5.41, 5.74) is 2.64. The molecule has 4 heteroatoms. The number of benzene rings is 1. The Morgan fingerprint density at radius 3 is 2.44 bits per heavy atom. The van der Waals surface area contributed by atoms with E-state index in [0.29, 0.717) is 12.1 Å². The van der Waals surface area contributed by atoms with Crippen molar-refractivity contribution in [3.05, 3.63) is 34.9 Å². The van der Waals surface area contributed by atoms with Gasteiger partial charge < -0.3 is 5.32 Å². The highest BCUT2D eigenvalue weighted by Gasteiger charge is 2.40. The number of aryl methyl sites for hydroxylation is 2. The van der Waals surface area contributed by atoms with Crippen LogP contribution in [0.15, 0.2) is 18.2 Å². The summed E-state index contributed by atoms with van der Waals surface area (Å²) in [7, 11) is 0. The molecule has 0 radical (unpaired) electrons. The molecule has 1 unspecified atom stereocenters. The van der Waals surface area contributed by atoms with Crippen LogP contribution in [-0.4, -0.2) is 12.7 Å². The standard InChI is InChI=1S/C14H18F3N/c1-2-18-13(14(15,16)17)12-8-7-10-5-3-4-6-11(10)9-12/h7-9,13,18H,2-6H2,1H3. The molecule has 0 amide bonds. The molecule has 0 bridgehead atoms. The number of nitrogens with one attached hydrogen (secondary N) is 1. The average molecular weight is 257 g/mol. The van der Waals surface area contributed by atoms with Crippen molar-refractivity contribution in [3.63, 3.8) is 0 Å². The molecule has 1 nitrogen and oxygen atoms in total. The van der Waals surface area contributed by atoms with Crippen LogP contribution >= 0.6 is 0 Å². The van der Waals surface area contributed by atoms with E-state index in [1.54, 1.807) is 19.1 Å². The molecule has 0 aromatic heterocycles. The predicted octanol–water partition coefficient (Wildman–Crippen LogP) is 3.78. The summed E-state index contributed by atoms with van der Waals surface area (Å²) in [4.78, 5) is 0. The minimum Gasteiger partial charge on any atom is -0.303 e. The number of alkyl halides is 3. The zero-order valence-electron chi connectivity index (χ0n) is 10.5. The summed E-state index contributed by atoms with van der Waals surface area (Å²) in [6, 6.07) is 3.66. The molecule has 100 valence electrons. The minimum atomic E-state index is -4.24.